The highest BCUT2D eigenvalue weighted by molar-refractivity contribution is 5.93. The standard InChI is InChI=1S/C35H40O8/c1-4-25(3)22-26-10-15-31(16-11-26)42-35(39)28-14-19-32(29(23-28)24-36)43-34(38)27-12-17-30(18-13-27)40-20-8-6-7-9-21-41-33(37)5-2/h5,10-19,23,25,36H,2,4,6-9,20-22,24H2,1,3H3. The van der Waals surface area contributed by atoms with Crippen LogP contribution in [-0.4, -0.2) is 36.2 Å². The number of benzene rings is 3. The van der Waals surface area contributed by atoms with Gasteiger partial charge in [0, 0.05) is 11.6 Å². The van der Waals surface area contributed by atoms with Gasteiger partial charge in [-0.25, -0.2) is 14.4 Å². The molecule has 1 unspecified atom stereocenters. The summed E-state index contributed by atoms with van der Waals surface area (Å²) in [7, 11) is 0. The first-order chi connectivity index (χ1) is 20.8. The van der Waals surface area contributed by atoms with Crippen LogP contribution in [0.2, 0.25) is 0 Å². The summed E-state index contributed by atoms with van der Waals surface area (Å²) in [5.41, 5.74) is 2.00. The SMILES string of the molecule is C=CC(=O)OCCCCCCOc1ccc(C(=O)Oc2ccc(C(=O)Oc3ccc(CC(C)CC)cc3)cc2CO)cc1. The molecule has 43 heavy (non-hydrogen) atoms. The summed E-state index contributed by atoms with van der Waals surface area (Å²) in [6.07, 6.45) is 6.69. The molecule has 0 spiro atoms. The van der Waals surface area contributed by atoms with Crippen molar-refractivity contribution < 1.29 is 38.4 Å². The van der Waals surface area contributed by atoms with Crippen molar-refractivity contribution in [3.05, 3.63) is 102 Å². The molecule has 0 saturated carbocycles. The van der Waals surface area contributed by atoms with Gasteiger partial charge in [0.1, 0.15) is 17.2 Å². The number of aliphatic hydroxyl groups is 1. The first kappa shape index (κ1) is 33.1. The minimum absolute atomic E-state index is 0.151. The molecular formula is C35H40O8. The lowest BCUT2D eigenvalue weighted by atomic mass is 9.99. The largest absolute Gasteiger partial charge is 0.494 e. The zero-order valence-electron chi connectivity index (χ0n) is 24.9. The zero-order chi connectivity index (χ0) is 31.0. The number of esters is 3. The third kappa shape index (κ3) is 11.1. The molecule has 0 radical (unpaired) electrons. The molecule has 0 aliphatic heterocycles. The summed E-state index contributed by atoms with van der Waals surface area (Å²) in [5, 5.41) is 9.87. The molecule has 0 bridgehead atoms. The van der Waals surface area contributed by atoms with Gasteiger partial charge in [0.15, 0.2) is 0 Å². The van der Waals surface area contributed by atoms with E-state index < -0.39 is 24.5 Å². The van der Waals surface area contributed by atoms with Crippen molar-refractivity contribution in [2.45, 2.75) is 59.0 Å². The third-order valence-electron chi connectivity index (χ3n) is 6.89. The summed E-state index contributed by atoms with van der Waals surface area (Å²) < 4.78 is 21.7. The van der Waals surface area contributed by atoms with Gasteiger partial charge in [-0.15, -0.1) is 0 Å². The molecule has 3 aromatic rings. The van der Waals surface area contributed by atoms with E-state index in [-0.39, 0.29) is 16.9 Å². The van der Waals surface area contributed by atoms with Crippen LogP contribution in [0.1, 0.15) is 77.8 Å². The van der Waals surface area contributed by atoms with E-state index in [1.807, 2.05) is 12.1 Å². The first-order valence-electron chi connectivity index (χ1n) is 14.6. The van der Waals surface area contributed by atoms with Crippen LogP contribution < -0.4 is 14.2 Å². The zero-order valence-corrected chi connectivity index (χ0v) is 24.9. The van der Waals surface area contributed by atoms with E-state index in [4.69, 9.17) is 18.9 Å². The highest BCUT2D eigenvalue weighted by Gasteiger charge is 2.16. The minimum atomic E-state index is -0.605. The van der Waals surface area contributed by atoms with Gasteiger partial charge >= 0.3 is 17.9 Å². The van der Waals surface area contributed by atoms with Crippen molar-refractivity contribution in [2.75, 3.05) is 13.2 Å². The van der Waals surface area contributed by atoms with Crippen molar-refractivity contribution in [3.8, 4) is 17.2 Å². The topological polar surface area (TPSA) is 108 Å². The van der Waals surface area contributed by atoms with Crippen LogP contribution in [0.3, 0.4) is 0 Å². The second-order valence-corrected chi connectivity index (χ2v) is 10.3. The first-order valence-corrected chi connectivity index (χ1v) is 14.6. The number of hydrogen-bond donors (Lipinski definition) is 1. The van der Waals surface area contributed by atoms with E-state index in [0.717, 1.165) is 44.6 Å². The third-order valence-corrected chi connectivity index (χ3v) is 6.89. The Balaban J connectivity index is 1.47. The maximum Gasteiger partial charge on any atom is 0.343 e. The monoisotopic (exact) mass is 588 g/mol. The molecule has 8 nitrogen and oxygen atoms in total. The molecule has 0 heterocycles. The van der Waals surface area contributed by atoms with E-state index in [2.05, 4.69) is 20.4 Å². The molecule has 1 N–H and O–H groups in total. The lowest BCUT2D eigenvalue weighted by Gasteiger charge is -2.12. The number of aliphatic hydroxyl groups excluding tert-OH is 1. The van der Waals surface area contributed by atoms with E-state index in [9.17, 15) is 19.5 Å². The Labute approximate surface area is 253 Å². The van der Waals surface area contributed by atoms with E-state index in [1.54, 1.807) is 36.4 Å². The molecule has 0 amide bonds. The number of unbranched alkanes of at least 4 members (excludes halogenated alkanes) is 3. The molecular weight excluding hydrogens is 548 g/mol. The molecule has 0 saturated heterocycles. The Kier molecular flexibility index (Phi) is 13.5. The Morgan fingerprint density at radius 1 is 0.814 bits per heavy atom. The number of rotatable bonds is 17. The maximum absolute atomic E-state index is 12.7. The number of carbonyl (C=O) groups excluding carboxylic acids is 3. The lowest BCUT2D eigenvalue weighted by Crippen LogP contribution is -2.12. The van der Waals surface area contributed by atoms with Gasteiger partial charge in [-0.3, -0.25) is 0 Å². The van der Waals surface area contributed by atoms with Crippen molar-refractivity contribution in [2.24, 2.45) is 5.92 Å². The van der Waals surface area contributed by atoms with Gasteiger partial charge in [-0.2, -0.15) is 0 Å². The molecule has 1 atom stereocenters. The summed E-state index contributed by atoms with van der Waals surface area (Å²) in [5.74, 6) is 0.188. The van der Waals surface area contributed by atoms with Crippen LogP contribution >= 0.6 is 0 Å². The average molecular weight is 589 g/mol. The van der Waals surface area contributed by atoms with E-state index in [1.165, 1.54) is 23.8 Å². The second-order valence-electron chi connectivity index (χ2n) is 10.3. The molecule has 3 aromatic carbocycles. The van der Waals surface area contributed by atoms with Crippen LogP contribution in [0.5, 0.6) is 17.2 Å². The predicted octanol–water partition coefficient (Wildman–Crippen LogP) is 6.87. The molecule has 8 heteroatoms. The van der Waals surface area contributed by atoms with Crippen molar-refractivity contribution >= 4 is 17.9 Å². The molecule has 0 fully saturated rings. The summed E-state index contributed by atoms with van der Waals surface area (Å²) in [6.45, 7) is 8.18. The van der Waals surface area contributed by atoms with Crippen molar-refractivity contribution in [1.82, 2.24) is 0 Å². The van der Waals surface area contributed by atoms with Crippen LogP contribution in [0, 0.1) is 5.92 Å². The van der Waals surface area contributed by atoms with Crippen molar-refractivity contribution in [3.63, 3.8) is 0 Å². The van der Waals surface area contributed by atoms with E-state index in [0.29, 0.717) is 36.2 Å². The number of ether oxygens (including phenoxy) is 4. The van der Waals surface area contributed by atoms with Crippen molar-refractivity contribution in [1.29, 1.82) is 0 Å². The van der Waals surface area contributed by atoms with Crippen LogP contribution in [0.15, 0.2) is 79.4 Å². The fourth-order valence-electron chi connectivity index (χ4n) is 4.16. The Morgan fingerprint density at radius 3 is 2.09 bits per heavy atom. The molecule has 3 rings (SSSR count). The minimum Gasteiger partial charge on any atom is -0.494 e. The molecule has 228 valence electrons. The van der Waals surface area contributed by atoms with Crippen LogP contribution in [0.4, 0.5) is 0 Å². The molecule has 0 aliphatic carbocycles. The van der Waals surface area contributed by atoms with Gasteiger partial charge in [0.05, 0.1) is 30.9 Å². The van der Waals surface area contributed by atoms with E-state index >= 15 is 0 Å². The fourth-order valence-corrected chi connectivity index (χ4v) is 4.16. The summed E-state index contributed by atoms with van der Waals surface area (Å²) >= 11 is 0. The summed E-state index contributed by atoms with van der Waals surface area (Å²) in [4.78, 5) is 36.5. The highest BCUT2D eigenvalue weighted by atomic mass is 16.5. The Morgan fingerprint density at radius 2 is 1.44 bits per heavy atom. The lowest BCUT2D eigenvalue weighted by molar-refractivity contribution is -0.137. The molecule has 0 aliphatic rings. The average Bonchev–Trinajstić information content (AvgIpc) is 3.03. The van der Waals surface area contributed by atoms with Crippen LogP contribution in [-0.2, 0) is 22.6 Å². The van der Waals surface area contributed by atoms with Gasteiger partial charge in [-0.1, -0.05) is 39.0 Å². The molecule has 0 aromatic heterocycles. The van der Waals surface area contributed by atoms with Gasteiger partial charge in [0.25, 0.3) is 0 Å². The maximum atomic E-state index is 12.7. The quantitative estimate of drug-likeness (QED) is 0.0787. The highest BCUT2D eigenvalue weighted by Crippen LogP contribution is 2.24. The second kappa shape index (κ2) is 17.5. The van der Waals surface area contributed by atoms with Gasteiger partial charge in [-0.05, 0) is 98.2 Å². The Hall–Kier alpha value is -4.43. The fraction of sp³-hybridized carbons (Fsp3) is 0.343. The Bertz CT molecular complexity index is 1350. The number of carbonyl (C=O) groups is 3. The number of hydrogen-bond acceptors (Lipinski definition) is 8. The normalized spacial score (nSPS) is 11.3. The predicted molar refractivity (Wildman–Crippen MR) is 163 cm³/mol. The summed E-state index contributed by atoms with van der Waals surface area (Å²) in [6, 6.07) is 18.4. The van der Waals surface area contributed by atoms with Gasteiger partial charge < -0.3 is 24.1 Å². The van der Waals surface area contributed by atoms with Gasteiger partial charge in [0.2, 0.25) is 0 Å². The smallest absolute Gasteiger partial charge is 0.343 e. The van der Waals surface area contributed by atoms with Crippen LogP contribution in [0.25, 0.3) is 0 Å².